The van der Waals surface area contributed by atoms with Crippen LogP contribution in [0.15, 0.2) is 33.9 Å². The van der Waals surface area contributed by atoms with Crippen molar-refractivity contribution >= 4 is 29.3 Å². The number of rotatable bonds is 5. The lowest BCUT2D eigenvalue weighted by molar-refractivity contribution is -0.130. The van der Waals surface area contributed by atoms with Gasteiger partial charge in [-0.05, 0) is 43.0 Å². The van der Waals surface area contributed by atoms with Crippen LogP contribution in [0.2, 0.25) is 5.02 Å². The molecule has 1 heterocycles. The summed E-state index contributed by atoms with van der Waals surface area (Å²) < 4.78 is 5.63. The Morgan fingerprint density at radius 3 is 2.72 bits per heavy atom. The molecule has 1 fully saturated rings. The zero-order valence-corrected chi connectivity index (χ0v) is 16.0. The molecule has 1 aromatic heterocycles. The smallest absolute Gasteiger partial charge is 0.277 e. The molecule has 1 aliphatic rings. The summed E-state index contributed by atoms with van der Waals surface area (Å²) in [6.45, 7) is 2.23. The van der Waals surface area contributed by atoms with Gasteiger partial charge in [-0.1, -0.05) is 43.1 Å². The molecule has 0 N–H and O–H groups in total. The standard InChI is InChI=1S/C18H22ClN3O2S/c1-12-5-3-4-6-15(12)22(2)16(23)11-25-18-21-20-17(24-18)13-7-9-14(19)10-8-13/h7-10,12,15H,3-6,11H2,1-2H3. The van der Waals surface area contributed by atoms with Crippen molar-refractivity contribution < 1.29 is 9.21 Å². The fraction of sp³-hybridized carbons (Fsp3) is 0.500. The number of hydrogen-bond acceptors (Lipinski definition) is 5. The van der Waals surface area contributed by atoms with Gasteiger partial charge in [0.1, 0.15) is 0 Å². The third kappa shape index (κ3) is 4.55. The first-order valence-corrected chi connectivity index (χ1v) is 9.89. The monoisotopic (exact) mass is 379 g/mol. The van der Waals surface area contributed by atoms with Crippen LogP contribution in [0.4, 0.5) is 0 Å². The third-order valence-electron chi connectivity index (χ3n) is 4.77. The molecule has 1 saturated carbocycles. The summed E-state index contributed by atoms with van der Waals surface area (Å²) >= 11 is 7.16. The molecule has 25 heavy (non-hydrogen) atoms. The van der Waals surface area contributed by atoms with Crippen LogP contribution in [0.1, 0.15) is 32.6 Å². The molecule has 2 unspecified atom stereocenters. The SMILES string of the molecule is CC1CCCCC1N(C)C(=O)CSc1nnc(-c2ccc(Cl)cc2)o1. The zero-order valence-electron chi connectivity index (χ0n) is 14.4. The highest BCUT2D eigenvalue weighted by Crippen LogP contribution is 2.29. The van der Waals surface area contributed by atoms with Crippen molar-refractivity contribution in [3.63, 3.8) is 0 Å². The Labute approximate surface area is 157 Å². The lowest BCUT2D eigenvalue weighted by atomic mass is 9.85. The van der Waals surface area contributed by atoms with Gasteiger partial charge in [0, 0.05) is 23.7 Å². The van der Waals surface area contributed by atoms with Crippen LogP contribution in [0, 0.1) is 5.92 Å². The molecule has 0 aliphatic heterocycles. The van der Waals surface area contributed by atoms with E-state index in [-0.39, 0.29) is 5.91 Å². The summed E-state index contributed by atoms with van der Waals surface area (Å²) in [5, 5.41) is 9.11. The predicted octanol–water partition coefficient (Wildman–Crippen LogP) is 4.52. The van der Waals surface area contributed by atoms with Crippen LogP contribution in [0.5, 0.6) is 0 Å². The van der Waals surface area contributed by atoms with Crippen molar-refractivity contribution in [2.75, 3.05) is 12.8 Å². The van der Waals surface area contributed by atoms with Gasteiger partial charge in [0.2, 0.25) is 11.8 Å². The quantitative estimate of drug-likeness (QED) is 0.715. The highest BCUT2D eigenvalue weighted by atomic mass is 35.5. The first-order valence-electron chi connectivity index (χ1n) is 8.52. The first-order chi connectivity index (χ1) is 12.0. The van der Waals surface area contributed by atoms with Gasteiger partial charge in [-0.2, -0.15) is 0 Å². The topological polar surface area (TPSA) is 59.2 Å². The fourth-order valence-corrected chi connectivity index (χ4v) is 4.07. The summed E-state index contributed by atoms with van der Waals surface area (Å²) in [6, 6.07) is 7.55. The van der Waals surface area contributed by atoms with E-state index in [0.717, 1.165) is 12.0 Å². The predicted molar refractivity (Wildman–Crippen MR) is 99.7 cm³/mol. The Bertz CT molecular complexity index is 719. The Morgan fingerprint density at radius 2 is 2.00 bits per heavy atom. The van der Waals surface area contributed by atoms with E-state index in [9.17, 15) is 4.79 Å². The number of aromatic nitrogens is 2. The van der Waals surface area contributed by atoms with Crippen LogP contribution in [-0.4, -0.2) is 39.8 Å². The van der Waals surface area contributed by atoms with Gasteiger partial charge in [0.15, 0.2) is 0 Å². The molecule has 2 aromatic rings. The van der Waals surface area contributed by atoms with E-state index in [2.05, 4.69) is 17.1 Å². The fourth-order valence-electron chi connectivity index (χ4n) is 3.26. The average molecular weight is 380 g/mol. The van der Waals surface area contributed by atoms with Gasteiger partial charge in [0.05, 0.1) is 5.75 Å². The number of halogens is 1. The lowest BCUT2D eigenvalue weighted by Crippen LogP contribution is -2.43. The number of nitrogens with zero attached hydrogens (tertiary/aromatic N) is 3. The van der Waals surface area contributed by atoms with Crippen molar-refractivity contribution in [1.29, 1.82) is 0 Å². The minimum Gasteiger partial charge on any atom is -0.411 e. The van der Waals surface area contributed by atoms with Gasteiger partial charge >= 0.3 is 0 Å². The second-order valence-electron chi connectivity index (χ2n) is 6.50. The van der Waals surface area contributed by atoms with E-state index in [1.807, 2.05) is 24.1 Å². The summed E-state index contributed by atoms with van der Waals surface area (Å²) in [6.07, 6.45) is 4.76. The van der Waals surface area contributed by atoms with Crippen molar-refractivity contribution in [2.24, 2.45) is 5.92 Å². The Hall–Kier alpha value is -1.53. The lowest BCUT2D eigenvalue weighted by Gasteiger charge is -2.36. The molecule has 0 radical (unpaired) electrons. The van der Waals surface area contributed by atoms with E-state index in [1.54, 1.807) is 12.1 Å². The Balaban J connectivity index is 1.56. The number of carbonyl (C=O) groups is 1. The number of carbonyl (C=O) groups excluding carboxylic acids is 1. The number of amides is 1. The molecule has 7 heteroatoms. The van der Waals surface area contributed by atoms with Gasteiger partial charge in [-0.25, -0.2) is 0 Å². The first kappa shape index (κ1) is 18.3. The van der Waals surface area contributed by atoms with Crippen LogP contribution in [0.3, 0.4) is 0 Å². The molecule has 5 nitrogen and oxygen atoms in total. The molecule has 2 atom stereocenters. The molecule has 0 saturated heterocycles. The third-order valence-corrected chi connectivity index (χ3v) is 5.83. The van der Waals surface area contributed by atoms with E-state index in [1.165, 1.54) is 31.0 Å². The van der Waals surface area contributed by atoms with Crippen molar-refractivity contribution in [1.82, 2.24) is 15.1 Å². The minimum absolute atomic E-state index is 0.106. The molecule has 3 rings (SSSR count). The second kappa shape index (κ2) is 8.23. The van der Waals surface area contributed by atoms with Crippen molar-refractivity contribution in [2.45, 2.75) is 43.9 Å². The van der Waals surface area contributed by atoms with Crippen molar-refractivity contribution in [3.05, 3.63) is 29.3 Å². The van der Waals surface area contributed by atoms with Crippen LogP contribution >= 0.6 is 23.4 Å². The van der Waals surface area contributed by atoms with Crippen LogP contribution in [0.25, 0.3) is 11.5 Å². The Kier molecular flexibility index (Phi) is 6.02. The van der Waals surface area contributed by atoms with Gasteiger partial charge < -0.3 is 9.32 Å². The van der Waals surface area contributed by atoms with Gasteiger partial charge in [0.25, 0.3) is 5.22 Å². The van der Waals surface area contributed by atoms with E-state index in [4.69, 9.17) is 16.0 Å². The summed E-state index contributed by atoms with van der Waals surface area (Å²) in [5.74, 6) is 1.41. The number of benzene rings is 1. The molecule has 134 valence electrons. The van der Waals surface area contributed by atoms with E-state index < -0.39 is 0 Å². The van der Waals surface area contributed by atoms with Crippen LogP contribution < -0.4 is 0 Å². The van der Waals surface area contributed by atoms with E-state index in [0.29, 0.717) is 33.8 Å². The maximum absolute atomic E-state index is 12.5. The van der Waals surface area contributed by atoms with Gasteiger partial charge in [-0.3, -0.25) is 4.79 Å². The molecule has 0 bridgehead atoms. The summed E-state index contributed by atoms with van der Waals surface area (Å²) in [7, 11) is 1.91. The zero-order chi connectivity index (χ0) is 17.8. The number of hydrogen-bond donors (Lipinski definition) is 0. The molecule has 0 spiro atoms. The highest BCUT2D eigenvalue weighted by Gasteiger charge is 2.28. The average Bonchev–Trinajstić information content (AvgIpc) is 3.09. The largest absolute Gasteiger partial charge is 0.411 e. The summed E-state index contributed by atoms with van der Waals surface area (Å²) in [4.78, 5) is 14.4. The molecule has 1 aromatic carbocycles. The van der Waals surface area contributed by atoms with Crippen LogP contribution in [-0.2, 0) is 4.79 Å². The van der Waals surface area contributed by atoms with Crippen molar-refractivity contribution in [3.8, 4) is 11.5 Å². The van der Waals surface area contributed by atoms with E-state index >= 15 is 0 Å². The summed E-state index contributed by atoms with van der Waals surface area (Å²) in [5.41, 5.74) is 0.809. The minimum atomic E-state index is 0.106. The maximum Gasteiger partial charge on any atom is 0.277 e. The Morgan fingerprint density at radius 1 is 1.28 bits per heavy atom. The second-order valence-corrected chi connectivity index (χ2v) is 7.87. The molecule has 1 amide bonds. The molecular weight excluding hydrogens is 358 g/mol. The maximum atomic E-state index is 12.5. The normalized spacial score (nSPS) is 20.4. The van der Waals surface area contributed by atoms with Gasteiger partial charge in [-0.15, -0.1) is 10.2 Å². The highest BCUT2D eigenvalue weighted by molar-refractivity contribution is 7.99. The molecular formula is C18H22ClN3O2S. The number of thioether (sulfide) groups is 1. The molecule has 1 aliphatic carbocycles.